The molecular formula is C15H15N5O2. The van der Waals surface area contributed by atoms with Gasteiger partial charge in [0.2, 0.25) is 17.8 Å². The van der Waals surface area contributed by atoms with Crippen LogP contribution in [0.4, 0.5) is 11.9 Å². The summed E-state index contributed by atoms with van der Waals surface area (Å²) in [7, 11) is 0. The van der Waals surface area contributed by atoms with Crippen molar-refractivity contribution in [1.29, 1.82) is 0 Å². The number of nitrogens with zero attached hydrogens (tertiary/aromatic N) is 3. The lowest BCUT2D eigenvalue weighted by Crippen LogP contribution is -2.14. The van der Waals surface area contributed by atoms with E-state index in [1.165, 1.54) is 6.92 Å². The molecule has 2 heterocycles. The first-order valence-corrected chi connectivity index (χ1v) is 6.76. The van der Waals surface area contributed by atoms with Crippen LogP contribution >= 0.6 is 0 Å². The monoisotopic (exact) mass is 297 g/mol. The molecule has 22 heavy (non-hydrogen) atoms. The molecule has 0 aliphatic heterocycles. The maximum absolute atomic E-state index is 11.6. The Morgan fingerprint density at radius 2 is 1.91 bits per heavy atom. The molecule has 0 radical (unpaired) electrons. The van der Waals surface area contributed by atoms with Crippen molar-refractivity contribution in [3.8, 4) is 5.88 Å². The van der Waals surface area contributed by atoms with Crippen molar-refractivity contribution in [3.05, 3.63) is 45.4 Å². The Hall–Kier alpha value is -2.96. The third-order valence-electron chi connectivity index (χ3n) is 3.40. The molecule has 0 saturated heterocycles. The molecule has 7 heteroatoms. The molecule has 0 bridgehead atoms. The van der Waals surface area contributed by atoms with E-state index < -0.39 is 5.56 Å². The highest BCUT2D eigenvalue weighted by atomic mass is 16.3. The zero-order valence-corrected chi connectivity index (χ0v) is 12.4. The lowest BCUT2D eigenvalue weighted by Gasteiger charge is -2.08. The van der Waals surface area contributed by atoms with Gasteiger partial charge in [0.1, 0.15) is 0 Å². The third-order valence-corrected chi connectivity index (χ3v) is 3.40. The Kier molecular flexibility index (Phi) is 3.25. The molecular weight excluding hydrogens is 282 g/mol. The van der Waals surface area contributed by atoms with E-state index in [1.807, 2.05) is 32.0 Å². The number of hydrogen-bond donors (Lipinski definition) is 3. The van der Waals surface area contributed by atoms with Crippen LogP contribution in [0.5, 0.6) is 5.88 Å². The third kappa shape index (κ3) is 2.48. The molecule has 0 aliphatic carbocycles. The maximum atomic E-state index is 11.6. The second kappa shape index (κ2) is 5.10. The number of anilines is 2. The standard InChI is InChI=1S/C15H15N5O2/c1-7-4-5-11-10(6-7)9(3)16-14(17-11)20-15-18-12(21)8(2)13(22)19-15/h4-6H,1-3H3,(H3,16,17,18,19,20,21,22). The molecule has 0 unspecified atom stereocenters. The number of benzene rings is 1. The summed E-state index contributed by atoms with van der Waals surface area (Å²) in [4.78, 5) is 26.8. The summed E-state index contributed by atoms with van der Waals surface area (Å²) in [5.41, 5.74) is 2.49. The second-order valence-corrected chi connectivity index (χ2v) is 5.14. The minimum Gasteiger partial charge on any atom is -0.493 e. The summed E-state index contributed by atoms with van der Waals surface area (Å²) in [6.45, 7) is 5.39. The first-order valence-electron chi connectivity index (χ1n) is 6.76. The van der Waals surface area contributed by atoms with Crippen molar-refractivity contribution in [2.45, 2.75) is 20.8 Å². The Balaban J connectivity index is 2.04. The van der Waals surface area contributed by atoms with Gasteiger partial charge in [-0.1, -0.05) is 11.6 Å². The van der Waals surface area contributed by atoms with Crippen molar-refractivity contribution in [3.63, 3.8) is 0 Å². The zero-order chi connectivity index (χ0) is 15.9. The average Bonchev–Trinajstić information content (AvgIpc) is 2.45. The van der Waals surface area contributed by atoms with E-state index in [9.17, 15) is 9.90 Å². The number of nitrogens with one attached hydrogen (secondary N) is 2. The molecule has 3 rings (SSSR count). The van der Waals surface area contributed by atoms with Gasteiger partial charge in [-0.3, -0.25) is 15.1 Å². The van der Waals surface area contributed by atoms with Gasteiger partial charge in [0, 0.05) is 5.39 Å². The number of hydrogen-bond acceptors (Lipinski definition) is 6. The zero-order valence-electron chi connectivity index (χ0n) is 12.4. The number of fused-ring (bicyclic) bond motifs is 1. The highest BCUT2D eigenvalue weighted by molar-refractivity contribution is 5.82. The van der Waals surface area contributed by atoms with Gasteiger partial charge in [-0.05, 0) is 32.9 Å². The van der Waals surface area contributed by atoms with Crippen LogP contribution in [-0.4, -0.2) is 25.0 Å². The fourth-order valence-electron chi connectivity index (χ4n) is 2.14. The van der Waals surface area contributed by atoms with Crippen LogP contribution in [0.3, 0.4) is 0 Å². The van der Waals surface area contributed by atoms with Crippen molar-refractivity contribution < 1.29 is 5.11 Å². The van der Waals surface area contributed by atoms with Crippen LogP contribution in [0.1, 0.15) is 16.8 Å². The number of aromatic amines is 1. The summed E-state index contributed by atoms with van der Waals surface area (Å²) < 4.78 is 0. The van der Waals surface area contributed by atoms with Crippen LogP contribution in [-0.2, 0) is 0 Å². The van der Waals surface area contributed by atoms with Crippen molar-refractivity contribution in [2.75, 3.05) is 5.32 Å². The summed E-state index contributed by atoms with van der Waals surface area (Å²) >= 11 is 0. The Morgan fingerprint density at radius 3 is 2.64 bits per heavy atom. The topological polar surface area (TPSA) is 104 Å². The van der Waals surface area contributed by atoms with E-state index >= 15 is 0 Å². The molecule has 112 valence electrons. The quantitative estimate of drug-likeness (QED) is 0.669. The van der Waals surface area contributed by atoms with Crippen molar-refractivity contribution in [1.82, 2.24) is 19.9 Å². The summed E-state index contributed by atoms with van der Waals surface area (Å²) in [6, 6.07) is 5.90. The van der Waals surface area contributed by atoms with E-state index in [2.05, 4.69) is 25.3 Å². The lowest BCUT2D eigenvalue weighted by molar-refractivity contribution is 0.447. The molecule has 1 aromatic carbocycles. The SMILES string of the molecule is Cc1ccc2nc(Nc3nc(O)c(C)c(=O)[nH]3)nc(C)c2c1. The highest BCUT2D eigenvalue weighted by Gasteiger charge is 2.09. The predicted octanol–water partition coefficient (Wildman–Crippen LogP) is 2.09. The average molecular weight is 297 g/mol. The van der Waals surface area contributed by atoms with Crippen LogP contribution in [0.15, 0.2) is 23.0 Å². The molecule has 0 atom stereocenters. The normalized spacial score (nSPS) is 10.9. The number of H-pyrrole nitrogens is 1. The fourth-order valence-corrected chi connectivity index (χ4v) is 2.14. The van der Waals surface area contributed by atoms with Crippen LogP contribution in [0, 0.1) is 20.8 Å². The van der Waals surface area contributed by atoms with Gasteiger partial charge in [-0.2, -0.15) is 4.98 Å². The Bertz CT molecular complexity index is 933. The number of aryl methyl sites for hydroxylation is 2. The van der Waals surface area contributed by atoms with Gasteiger partial charge in [0.05, 0.1) is 16.8 Å². The summed E-state index contributed by atoms with van der Waals surface area (Å²) in [5, 5.41) is 13.4. The van der Waals surface area contributed by atoms with E-state index in [0.717, 1.165) is 22.2 Å². The van der Waals surface area contributed by atoms with E-state index in [4.69, 9.17) is 0 Å². The maximum Gasteiger partial charge on any atom is 0.259 e. The van der Waals surface area contributed by atoms with E-state index in [1.54, 1.807) is 0 Å². The Labute approximate surface area is 126 Å². The first-order chi connectivity index (χ1) is 10.4. The number of rotatable bonds is 2. The largest absolute Gasteiger partial charge is 0.493 e. The first kappa shape index (κ1) is 14.0. The molecule has 2 aromatic heterocycles. The number of aromatic hydroxyl groups is 1. The molecule has 3 aromatic rings. The van der Waals surface area contributed by atoms with Crippen molar-refractivity contribution >= 4 is 22.8 Å². The lowest BCUT2D eigenvalue weighted by atomic mass is 10.1. The molecule has 0 saturated carbocycles. The van der Waals surface area contributed by atoms with Gasteiger partial charge in [-0.15, -0.1) is 0 Å². The van der Waals surface area contributed by atoms with Gasteiger partial charge in [0.25, 0.3) is 5.56 Å². The molecule has 0 fully saturated rings. The minimum absolute atomic E-state index is 0.0963. The van der Waals surface area contributed by atoms with Crippen LogP contribution in [0.2, 0.25) is 0 Å². The van der Waals surface area contributed by atoms with E-state index in [0.29, 0.717) is 5.95 Å². The smallest absolute Gasteiger partial charge is 0.259 e. The molecule has 0 amide bonds. The molecule has 0 aliphatic rings. The van der Waals surface area contributed by atoms with Crippen molar-refractivity contribution in [2.24, 2.45) is 0 Å². The minimum atomic E-state index is -0.414. The fraction of sp³-hybridized carbons (Fsp3) is 0.200. The van der Waals surface area contributed by atoms with Gasteiger partial charge >= 0.3 is 0 Å². The predicted molar refractivity (Wildman–Crippen MR) is 83.6 cm³/mol. The molecule has 7 nitrogen and oxygen atoms in total. The van der Waals surface area contributed by atoms with Crippen LogP contribution in [0.25, 0.3) is 10.9 Å². The number of aromatic nitrogens is 4. The summed E-state index contributed by atoms with van der Waals surface area (Å²) in [6.07, 6.45) is 0. The van der Waals surface area contributed by atoms with Crippen LogP contribution < -0.4 is 10.9 Å². The van der Waals surface area contributed by atoms with E-state index in [-0.39, 0.29) is 17.4 Å². The van der Waals surface area contributed by atoms with Gasteiger partial charge < -0.3 is 5.11 Å². The highest BCUT2D eigenvalue weighted by Crippen LogP contribution is 2.20. The second-order valence-electron chi connectivity index (χ2n) is 5.14. The Morgan fingerprint density at radius 1 is 1.14 bits per heavy atom. The molecule has 3 N–H and O–H groups in total. The van der Waals surface area contributed by atoms with Gasteiger partial charge in [-0.25, -0.2) is 9.97 Å². The molecule has 0 spiro atoms. The summed E-state index contributed by atoms with van der Waals surface area (Å²) in [5.74, 6) is 0.0820. The van der Waals surface area contributed by atoms with Gasteiger partial charge in [0.15, 0.2) is 0 Å².